The second kappa shape index (κ2) is 3.26. The molecular formula is C5H6N4O2S. The maximum absolute atomic E-state index is 11.0. The lowest BCUT2D eigenvalue weighted by Gasteiger charge is -2.18. The van der Waals surface area contributed by atoms with E-state index in [-0.39, 0.29) is 5.11 Å². The number of amides is 2. The lowest BCUT2D eigenvalue weighted by molar-refractivity contribution is -0.131. The van der Waals surface area contributed by atoms with Gasteiger partial charge in [-0.05, 0) is 12.2 Å². The molecule has 0 saturated carbocycles. The summed E-state index contributed by atoms with van der Waals surface area (Å²) >= 11 is 4.56. The van der Waals surface area contributed by atoms with Gasteiger partial charge in [-0.1, -0.05) is 0 Å². The molecule has 12 heavy (non-hydrogen) atoms. The van der Waals surface area contributed by atoms with Crippen LogP contribution in [-0.4, -0.2) is 23.1 Å². The van der Waals surface area contributed by atoms with Crippen LogP contribution in [0.5, 0.6) is 0 Å². The third-order valence-electron chi connectivity index (χ3n) is 1.27. The summed E-state index contributed by atoms with van der Waals surface area (Å²) in [5, 5.41) is 7.62. The Hall–Kier alpha value is -1.50. The molecular weight excluding hydrogens is 180 g/mol. The van der Waals surface area contributed by atoms with E-state index in [0.29, 0.717) is 0 Å². The van der Waals surface area contributed by atoms with Gasteiger partial charge in [-0.25, -0.2) is 0 Å². The average Bonchev–Trinajstić information content (AvgIpc) is 1.96. The first-order valence-corrected chi connectivity index (χ1v) is 3.45. The van der Waals surface area contributed by atoms with Gasteiger partial charge in [0, 0.05) is 6.21 Å². The summed E-state index contributed by atoms with van der Waals surface area (Å²) in [6, 6.07) is 0. The Balaban J connectivity index is 2.80. The number of hydrogen-bond acceptors (Lipinski definition) is 5. The molecule has 1 heterocycles. The predicted octanol–water partition coefficient (Wildman–Crippen LogP) is -1.92. The third kappa shape index (κ3) is 1.56. The van der Waals surface area contributed by atoms with Crippen LogP contribution in [0.25, 0.3) is 0 Å². The molecule has 6 nitrogen and oxygen atoms in total. The minimum atomic E-state index is -0.985. The van der Waals surface area contributed by atoms with Crippen LogP contribution < -0.4 is 16.5 Å². The first-order valence-electron chi connectivity index (χ1n) is 3.04. The van der Waals surface area contributed by atoms with Gasteiger partial charge in [0.25, 0.3) is 0 Å². The smallest absolute Gasteiger partial charge is 0.244 e. The Morgan fingerprint density at radius 1 is 1.42 bits per heavy atom. The molecule has 4 N–H and O–H groups in total. The van der Waals surface area contributed by atoms with Crippen molar-refractivity contribution in [3.05, 3.63) is 0 Å². The summed E-state index contributed by atoms with van der Waals surface area (Å²) in [5.74, 6) is 2.78. The molecule has 64 valence electrons. The highest BCUT2D eigenvalue weighted by Crippen LogP contribution is 1.97. The summed E-state index contributed by atoms with van der Waals surface area (Å²) in [6.07, 6.45) is 1.05. The number of nitrogens with zero attached hydrogens (tertiary/aromatic N) is 1. The molecule has 1 aliphatic rings. The van der Waals surface area contributed by atoms with Crippen molar-refractivity contribution in [1.82, 2.24) is 10.6 Å². The lowest BCUT2D eigenvalue weighted by atomic mass is 10.1. The quantitative estimate of drug-likeness (QED) is 0.146. The van der Waals surface area contributed by atoms with Crippen LogP contribution in [0.15, 0.2) is 5.10 Å². The van der Waals surface area contributed by atoms with Crippen molar-refractivity contribution in [3.63, 3.8) is 0 Å². The van der Waals surface area contributed by atoms with Gasteiger partial charge < -0.3 is 16.5 Å². The van der Waals surface area contributed by atoms with Crippen LogP contribution in [0.3, 0.4) is 0 Å². The number of nitrogens with two attached hydrogens (primary N) is 1. The van der Waals surface area contributed by atoms with Gasteiger partial charge >= 0.3 is 0 Å². The van der Waals surface area contributed by atoms with Crippen molar-refractivity contribution in [2.45, 2.75) is 0 Å². The number of hydrazone groups is 1. The zero-order valence-corrected chi connectivity index (χ0v) is 6.72. The van der Waals surface area contributed by atoms with E-state index in [9.17, 15) is 9.59 Å². The molecule has 1 aliphatic heterocycles. The number of nitrogens with one attached hydrogen (secondary N) is 2. The van der Waals surface area contributed by atoms with Crippen molar-refractivity contribution in [2.75, 3.05) is 0 Å². The zero-order chi connectivity index (χ0) is 9.14. The molecule has 0 aromatic rings. The third-order valence-corrected chi connectivity index (χ3v) is 1.48. The number of thiocarbonyl (C=S) groups is 1. The monoisotopic (exact) mass is 186 g/mol. The molecule has 0 aliphatic carbocycles. The normalized spacial score (nSPS) is 19.5. The van der Waals surface area contributed by atoms with Gasteiger partial charge in [-0.3, -0.25) is 9.59 Å². The molecule has 0 aromatic heterocycles. The van der Waals surface area contributed by atoms with Crippen molar-refractivity contribution < 1.29 is 9.59 Å². The summed E-state index contributed by atoms with van der Waals surface area (Å²) in [5.41, 5.74) is 0. The van der Waals surface area contributed by atoms with E-state index in [1.165, 1.54) is 0 Å². The Labute approximate surface area is 73.2 Å². The topological polar surface area (TPSA) is 96.6 Å². The van der Waals surface area contributed by atoms with E-state index in [4.69, 9.17) is 5.84 Å². The van der Waals surface area contributed by atoms with Gasteiger partial charge in [0.05, 0.1) is 0 Å². The lowest BCUT2D eigenvalue weighted by Crippen LogP contribution is -2.56. The number of carbonyl (C=O) groups is 2. The number of carbonyl (C=O) groups excluding carboxylic acids is 2. The second-order valence-electron chi connectivity index (χ2n) is 2.08. The summed E-state index contributed by atoms with van der Waals surface area (Å²) < 4.78 is 0. The van der Waals surface area contributed by atoms with Gasteiger partial charge in [-0.2, -0.15) is 5.10 Å². The SMILES string of the molecule is N/N=C/C1C(=O)NC(=S)NC1=O. The molecule has 1 saturated heterocycles. The fraction of sp³-hybridized carbons (Fsp3) is 0.200. The highest BCUT2D eigenvalue weighted by Gasteiger charge is 2.30. The van der Waals surface area contributed by atoms with E-state index >= 15 is 0 Å². The van der Waals surface area contributed by atoms with Crippen LogP contribution in [0.2, 0.25) is 0 Å². The van der Waals surface area contributed by atoms with Crippen LogP contribution in [-0.2, 0) is 9.59 Å². The van der Waals surface area contributed by atoms with Gasteiger partial charge in [0.1, 0.15) is 0 Å². The highest BCUT2D eigenvalue weighted by molar-refractivity contribution is 7.80. The van der Waals surface area contributed by atoms with Crippen molar-refractivity contribution in [1.29, 1.82) is 0 Å². The maximum atomic E-state index is 11.0. The molecule has 2 amide bonds. The molecule has 0 aromatic carbocycles. The van der Waals surface area contributed by atoms with Gasteiger partial charge in [0.15, 0.2) is 11.0 Å². The summed E-state index contributed by atoms with van der Waals surface area (Å²) in [4.78, 5) is 22.0. The molecule has 0 spiro atoms. The molecule has 7 heteroatoms. The first kappa shape index (κ1) is 8.60. The fourth-order valence-electron chi connectivity index (χ4n) is 0.751. The summed E-state index contributed by atoms with van der Waals surface area (Å²) in [7, 11) is 0. The van der Waals surface area contributed by atoms with E-state index in [1.807, 2.05) is 0 Å². The highest BCUT2D eigenvalue weighted by atomic mass is 32.1. The average molecular weight is 186 g/mol. The van der Waals surface area contributed by atoms with Crippen LogP contribution in [0.1, 0.15) is 0 Å². The molecule has 0 unspecified atom stereocenters. The second-order valence-corrected chi connectivity index (χ2v) is 2.49. The van der Waals surface area contributed by atoms with Crippen LogP contribution in [0, 0.1) is 5.92 Å². The summed E-state index contributed by atoms with van der Waals surface area (Å²) in [6.45, 7) is 0. The Bertz CT molecular complexity index is 255. The van der Waals surface area contributed by atoms with E-state index < -0.39 is 17.7 Å². The van der Waals surface area contributed by atoms with Crippen molar-refractivity contribution >= 4 is 35.4 Å². The zero-order valence-electron chi connectivity index (χ0n) is 5.90. The van der Waals surface area contributed by atoms with Crippen molar-refractivity contribution in [3.8, 4) is 0 Å². The standard InChI is InChI=1S/C5H6N4O2S/c6-7-1-2-3(10)8-5(12)9-4(2)11/h1-2H,6H2,(H2,8,9,10,11,12)/b7-1+. The molecule has 0 bridgehead atoms. The predicted molar refractivity (Wildman–Crippen MR) is 45.1 cm³/mol. The Kier molecular flexibility index (Phi) is 2.34. The van der Waals surface area contributed by atoms with E-state index in [2.05, 4.69) is 28.0 Å². The fourth-order valence-corrected chi connectivity index (χ4v) is 0.952. The Morgan fingerprint density at radius 3 is 2.33 bits per heavy atom. The minimum Gasteiger partial charge on any atom is -0.324 e. The first-order chi connectivity index (χ1) is 5.65. The van der Waals surface area contributed by atoms with Crippen molar-refractivity contribution in [2.24, 2.45) is 16.9 Å². The Morgan fingerprint density at radius 2 is 1.92 bits per heavy atom. The maximum Gasteiger partial charge on any atom is 0.244 e. The van der Waals surface area contributed by atoms with Gasteiger partial charge in [0.2, 0.25) is 11.8 Å². The number of hydrogen-bond donors (Lipinski definition) is 3. The van der Waals surface area contributed by atoms with E-state index in [0.717, 1.165) is 6.21 Å². The largest absolute Gasteiger partial charge is 0.324 e. The van der Waals surface area contributed by atoms with E-state index in [1.54, 1.807) is 0 Å². The molecule has 1 fully saturated rings. The minimum absolute atomic E-state index is 0.00618. The molecule has 0 radical (unpaired) electrons. The molecule has 0 atom stereocenters. The van der Waals surface area contributed by atoms with Gasteiger partial charge in [-0.15, -0.1) is 0 Å². The van der Waals surface area contributed by atoms with Crippen LogP contribution >= 0.6 is 12.2 Å². The van der Waals surface area contributed by atoms with Crippen LogP contribution in [0.4, 0.5) is 0 Å². The molecule has 1 rings (SSSR count). The number of rotatable bonds is 1.